The van der Waals surface area contributed by atoms with Crippen LogP contribution < -0.4 is 11.5 Å². The largest absolute Gasteiger partial charge is 0.368 e. The molecule has 0 saturated carbocycles. The van der Waals surface area contributed by atoms with Crippen molar-refractivity contribution in [2.24, 2.45) is 0 Å². The first kappa shape index (κ1) is 8.83. The summed E-state index contributed by atoms with van der Waals surface area (Å²) in [6, 6.07) is 0.315. The first-order valence-electron chi connectivity index (χ1n) is 4.16. The highest BCUT2D eigenvalue weighted by Crippen LogP contribution is 2.17. The predicted octanol–water partition coefficient (Wildman–Crippen LogP) is 0.804. The van der Waals surface area contributed by atoms with Gasteiger partial charge in [-0.25, -0.2) is 4.68 Å². The second-order valence-corrected chi connectivity index (χ2v) is 2.74. The Kier molecular flexibility index (Phi) is 2.52. The number of nitrogens with zero attached hydrogens (tertiary/aromatic N) is 3. The molecule has 0 amide bonds. The van der Waals surface area contributed by atoms with Crippen molar-refractivity contribution in [2.45, 2.75) is 32.7 Å². The van der Waals surface area contributed by atoms with Crippen LogP contribution in [0.2, 0.25) is 0 Å². The van der Waals surface area contributed by atoms with Crippen molar-refractivity contribution >= 4 is 11.9 Å². The fourth-order valence-electron chi connectivity index (χ4n) is 1.26. The summed E-state index contributed by atoms with van der Waals surface area (Å²) in [5.41, 5.74) is 11.0. The van der Waals surface area contributed by atoms with Gasteiger partial charge in [-0.15, -0.1) is 5.10 Å². The maximum atomic E-state index is 5.60. The van der Waals surface area contributed by atoms with E-state index >= 15 is 0 Å². The molecule has 0 radical (unpaired) electrons. The second-order valence-electron chi connectivity index (χ2n) is 2.74. The molecule has 1 rings (SSSR count). The van der Waals surface area contributed by atoms with Gasteiger partial charge in [-0.1, -0.05) is 13.8 Å². The minimum Gasteiger partial charge on any atom is -0.368 e. The van der Waals surface area contributed by atoms with Gasteiger partial charge >= 0.3 is 0 Å². The van der Waals surface area contributed by atoms with Crippen molar-refractivity contribution in [1.82, 2.24) is 14.8 Å². The van der Waals surface area contributed by atoms with Crippen LogP contribution in [0.25, 0.3) is 0 Å². The van der Waals surface area contributed by atoms with Crippen LogP contribution in [0.3, 0.4) is 0 Å². The Morgan fingerprint density at radius 3 is 2.25 bits per heavy atom. The Hall–Kier alpha value is -1.26. The Morgan fingerprint density at radius 2 is 1.92 bits per heavy atom. The van der Waals surface area contributed by atoms with E-state index < -0.39 is 0 Å². The van der Waals surface area contributed by atoms with Crippen LogP contribution in [0.5, 0.6) is 0 Å². The third-order valence-corrected chi connectivity index (χ3v) is 1.96. The van der Waals surface area contributed by atoms with Crippen LogP contribution >= 0.6 is 0 Å². The maximum Gasteiger partial charge on any atom is 0.241 e. The van der Waals surface area contributed by atoms with E-state index in [1.54, 1.807) is 4.68 Å². The minimum absolute atomic E-state index is 0.249. The lowest BCUT2D eigenvalue weighted by Crippen LogP contribution is -2.12. The van der Waals surface area contributed by atoms with Crippen LogP contribution in [0, 0.1) is 0 Å². The minimum atomic E-state index is 0.249. The first-order chi connectivity index (χ1) is 5.69. The van der Waals surface area contributed by atoms with E-state index in [-0.39, 0.29) is 5.95 Å². The van der Waals surface area contributed by atoms with E-state index in [1.165, 1.54) is 0 Å². The summed E-state index contributed by atoms with van der Waals surface area (Å²) >= 11 is 0. The fraction of sp³-hybridized carbons (Fsp3) is 0.714. The molecule has 0 aliphatic rings. The molecule has 1 aromatic heterocycles. The van der Waals surface area contributed by atoms with Crippen molar-refractivity contribution in [3.8, 4) is 0 Å². The molecule has 12 heavy (non-hydrogen) atoms. The highest BCUT2D eigenvalue weighted by atomic mass is 15.4. The molecule has 0 unspecified atom stereocenters. The number of nitrogen functional groups attached to an aromatic ring is 2. The molecule has 1 heterocycles. The van der Waals surface area contributed by atoms with Crippen molar-refractivity contribution in [2.75, 3.05) is 11.5 Å². The van der Waals surface area contributed by atoms with Gasteiger partial charge in [-0.2, -0.15) is 4.98 Å². The smallest absolute Gasteiger partial charge is 0.241 e. The summed E-state index contributed by atoms with van der Waals surface area (Å²) in [6.45, 7) is 4.18. The highest BCUT2D eigenvalue weighted by molar-refractivity contribution is 5.26. The Bertz CT molecular complexity index is 250. The molecule has 0 aliphatic heterocycles. The SMILES string of the molecule is CCC(CC)n1nc(N)nc1N. The number of aromatic nitrogens is 3. The van der Waals surface area contributed by atoms with Crippen LogP contribution in [0.4, 0.5) is 11.9 Å². The first-order valence-corrected chi connectivity index (χ1v) is 4.16. The predicted molar refractivity (Wildman–Crippen MR) is 48.5 cm³/mol. The van der Waals surface area contributed by atoms with E-state index in [9.17, 15) is 0 Å². The Morgan fingerprint density at radius 1 is 1.33 bits per heavy atom. The van der Waals surface area contributed by atoms with Gasteiger partial charge in [-0.05, 0) is 12.8 Å². The van der Waals surface area contributed by atoms with Crippen LogP contribution in [0.15, 0.2) is 0 Å². The maximum absolute atomic E-state index is 5.60. The molecule has 0 spiro atoms. The van der Waals surface area contributed by atoms with E-state index in [1.807, 2.05) is 0 Å². The Balaban J connectivity index is 2.91. The molecule has 5 nitrogen and oxygen atoms in total. The molecule has 0 fully saturated rings. The van der Waals surface area contributed by atoms with E-state index in [0.29, 0.717) is 12.0 Å². The molecule has 0 atom stereocenters. The number of hydrogen-bond donors (Lipinski definition) is 2. The zero-order chi connectivity index (χ0) is 9.14. The molecule has 1 aromatic rings. The van der Waals surface area contributed by atoms with Gasteiger partial charge in [0.1, 0.15) is 0 Å². The number of anilines is 2. The summed E-state index contributed by atoms with van der Waals surface area (Å²) in [6.07, 6.45) is 1.98. The topological polar surface area (TPSA) is 82.8 Å². The number of rotatable bonds is 3. The van der Waals surface area contributed by atoms with E-state index in [4.69, 9.17) is 11.5 Å². The molecule has 4 N–H and O–H groups in total. The molecular weight excluding hydrogens is 154 g/mol. The third-order valence-electron chi connectivity index (χ3n) is 1.96. The lowest BCUT2D eigenvalue weighted by atomic mass is 10.2. The van der Waals surface area contributed by atoms with Gasteiger partial charge in [0, 0.05) is 0 Å². The number of nitrogens with two attached hydrogens (primary N) is 2. The second kappa shape index (κ2) is 3.42. The lowest BCUT2D eigenvalue weighted by molar-refractivity contribution is 0.435. The van der Waals surface area contributed by atoms with Gasteiger partial charge in [0.15, 0.2) is 0 Å². The van der Waals surface area contributed by atoms with E-state index in [2.05, 4.69) is 23.9 Å². The lowest BCUT2D eigenvalue weighted by Gasteiger charge is -2.12. The van der Waals surface area contributed by atoms with Gasteiger partial charge in [0.2, 0.25) is 11.9 Å². The molecule has 0 bridgehead atoms. The van der Waals surface area contributed by atoms with Crippen LogP contribution in [0.1, 0.15) is 32.7 Å². The van der Waals surface area contributed by atoms with Crippen LogP contribution in [-0.2, 0) is 0 Å². The van der Waals surface area contributed by atoms with Gasteiger partial charge in [0.25, 0.3) is 0 Å². The van der Waals surface area contributed by atoms with Gasteiger partial charge in [-0.3, -0.25) is 0 Å². The summed E-state index contributed by atoms with van der Waals surface area (Å²) in [5.74, 6) is 0.653. The third kappa shape index (κ3) is 1.49. The monoisotopic (exact) mass is 169 g/mol. The normalized spacial score (nSPS) is 10.9. The highest BCUT2D eigenvalue weighted by Gasteiger charge is 2.11. The molecule has 0 aromatic carbocycles. The average Bonchev–Trinajstić information content (AvgIpc) is 2.34. The zero-order valence-corrected chi connectivity index (χ0v) is 7.49. The summed E-state index contributed by atoms with van der Waals surface area (Å²) < 4.78 is 1.69. The van der Waals surface area contributed by atoms with Crippen molar-refractivity contribution < 1.29 is 0 Å². The van der Waals surface area contributed by atoms with Gasteiger partial charge < -0.3 is 11.5 Å². The standard InChI is InChI=1S/C7H15N5/c1-3-5(4-2)12-7(9)10-6(8)11-12/h5H,3-4H2,1-2H3,(H4,8,9,10,11). The van der Waals surface area contributed by atoms with Crippen molar-refractivity contribution in [3.05, 3.63) is 0 Å². The molecule has 68 valence electrons. The Labute approximate surface area is 71.8 Å². The molecule has 0 saturated heterocycles. The zero-order valence-electron chi connectivity index (χ0n) is 7.49. The quantitative estimate of drug-likeness (QED) is 0.701. The fourth-order valence-corrected chi connectivity index (χ4v) is 1.26. The number of hydrogen-bond acceptors (Lipinski definition) is 4. The van der Waals surface area contributed by atoms with E-state index in [0.717, 1.165) is 12.8 Å². The van der Waals surface area contributed by atoms with Crippen molar-refractivity contribution in [3.63, 3.8) is 0 Å². The molecule has 0 aliphatic carbocycles. The van der Waals surface area contributed by atoms with Crippen molar-refractivity contribution in [1.29, 1.82) is 0 Å². The molecule has 5 heteroatoms. The summed E-state index contributed by atoms with van der Waals surface area (Å²) in [4.78, 5) is 3.84. The van der Waals surface area contributed by atoms with Crippen LogP contribution in [-0.4, -0.2) is 14.8 Å². The average molecular weight is 169 g/mol. The summed E-state index contributed by atoms with van der Waals surface area (Å²) in [5, 5.41) is 4.01. The summed E-state index contributed by atoms with van der Waals surface area (Å²) in [7, 11) is 0. The van der Waals surface area contributed by atoms with Gasteiger partial charge in [0.05, 0.1) is 6.04 Å². The molecular formula is C7H15N5.